The van der Waals surface area contributed by atoms with Gasteiger partial charge in [-0.05, 0) is 28.8 Å². The maximum absolute atomic E-state index is 6.63. The summed E-state index contributed by atoms with van der Waals surface area (Å²) in [5.74, 6) is 2.51. The molecule has 0 aliphatic carbocycles. The van der Waals surface area contributed by atoms with E-state index in [1.165, 1.54) is 33.6 Å². The van der Waals surface area contributed by atoms with Crippen LogP contribution in [0.5, 0.6) is 0 Å². The highest BCUT2D eigenvalue weighted by Crippen LogP contribution is 2.41. The lowest BCUT2D eigenvalue weighted by Crippen LogP contribution is -2.35. The smallest absolute Gasteiger partial charge is 0.0440 e. The largest absolute Gasteiger partial charge is 0.323 e. The minimum Gasteiger partial charge on any atom is -0.323 e. The minimum atomic E-state index is 0.157. The molecule has 4 heteroatoms. The molecule has 1 aromatic heterocycles. The van der Waals surface area contributed by atoms with Crippen molar-refractivity contribution in [3.05, 3.63) is 35.2 Å². The summed E-state index contributed by atoms with van der Waals surface area (Å²) in [5.41, 5.74) is 7.97. The van der Waals surface area contributed by atoms with E-state index in [1.54, 1.807) is 0 Å². The van der Waals surface area contributed by atoms with E-state index in [9.17, 15) is 0 Å². The van der Waals surface area contributed by atoms with Gasteiger partial charge in [0.15, 0.2) is 0 Å². The van der Waals surface area contributed by atoms with Crippen LogP contribution in [0, 0.1) is 0 Å². The van der Waals surface area contributed by atoms with Crippen LogP contribution in [0.15, 0.2) is 29.6 Å². The fraction of sp³-hybridized carbons (Fsp3) is 0.467. The molecular weight excluding hydrogens is 290 g/mol. The number of thioether (sulfide) groups is 2. The van der Waals surface area contributed by atoms with Crippen LogP contribution in [0.1, 0.15) is 24.9 Å². The second-order valence-corrected chi connectivity index (χ2v) is 8.41. The first-order valence-corrected chi connectivity index (χ1v) is 9.74. The average molecular weight is 310 g/mol. The molecular formula is C15H19NS3. The van der Waals surface area contributed by atoms with E-state index in [4.69, 9.17) is 5.73 Å². The molecule has 1 nitrogen and oxygen atoms in total. The number of benzene rings is 1. The fourth-order valence-electron chi connectivity index (χ4n) is 2.73. The van der Waals surface area contributed by atoms with Crippen molar-refractivity contribution >= 4 is 44.9 Å². The first-order chi connectivity index (χ1) is 9.31. The molecule has 0 spiro atoms. The third-order valence-corrected chi connectivity index (χ3v) is 8.07. The van der Waals surface area contributed by atoms with Crippen LogP contribution in [0.25, 0.3) is 10.1 Å². The molecule has 0 amide bonds. The summed E-state index contributed by atoms with van der Waals surface area (Å²) in [7, 11) is 0. The third kappa shape index (κ3) is 2.68. The number of fused-ring (bicyclic) bond motifs is 1. The van der Waals surface area contributed by atoms with E-state index >= 15 is 0 Å². The Morgan fingerprint density at radius 1 is 1.26 bits per heavy atom. The van der Waals surface area contributed by atoms with Gasteiger partial charge in [0.25, 0.3) is 0 Å². The van der Waals surface area contributed by atoms with Gasteiger partial charge in [0, 0.05) is 32.7 Å². The Hall–Kier alpha value is -0.160. The Bertz CT molecular complexity index is 551. The summed E-state index contributed by atoms with van der Waals surface area (Å²) >= 11 is 5.99. The van der Waals surface area contributed by atoms with Crippen LogP contribution < -0.4 is 5.73 Å². The van der Waals surface area contributed by atoms with E-state index in [0.29, 0.717) is 10.5 Å². The van der Waals surface area contributed by atoms with Crippen molar-refractivity contribution in [3.8, 4) is 0 Å². The Labute approximate surface area is 127 Å². The van der Waals surface area contributed by atoms with Crippen LogP contribution >= 0.6 is 34.9 Å². The highest BCUT2D eigenvalue weighted by Gasteiger charge is 2.31. The van der Waals surface area contributed by atoms with E-state index < -0.39 is 0 Å². The van der Waals surface area contributed by atoms with Gasteiger partial charge in [0.2, 0.25) is 0 Å². The topological polar surface area (TPSA) is 26.0 Å². The van der Waals surface area contributed by atoms with Gasteiger partial charge in [0.1, 0.15) is 0 Å². The van der Waals surface area contributed by atoms with Gasteiger partial charge < -0.3 is 5.73 Å². The van der Waals surface area contributed by atoms with Gasteiger partial charge in [-0.3, -0.25) is 0 Å². The molecule has 1 aromatic carbocycles. The Balaban J connectivity index is 1.94. The van der Waals surface area contributed by atoms with Crippen molar-refractivity contribution in [2.75, 3.05) is 11.5 Å². The summed E-state index contributed by atoms with van der Waals surface area (Å²) in [6.45, 7) is 2.29. The zero-order valence-corrected chi connectivity index (χ0v) is 13.5. The molecule has 1 aliphatic heterocycles. The highest BCUT2D eigenvalue weighted by atomic mass is 32.2. The molecule has 0 saturated carbocycles. The fourth-order valence-corrected chi connectivity index (χ4v) is 6.86. The molecule has 19 heavy (non-hydrogen) atoms. The molecule has 3 rings (SSSR count). The van der Waals surface area contributed by atoms with Crippen molar-refractivity contribution in [1.29, 1.82) is 0 Å². The number of rotatable bonds is 3. The molecule has 1 aliphatic rings. The van der Waals surface area contributed by atoms with Gasteiger partial charge in [-0.2, -0.15) is 23.5 Å². The van der Waals surface area contributed by atoms with Gasteiger partial charge in [0.05, 0.1) is 0 Å². The summed E-state index contributed by atoms with van der Waals surface area (Å²) < 4.78 is 1.38. The van der Waals surface area contributed by atoms with E-state index in [0.717, 1.165) is 0 Å². The Morgan fingerprint density at radius 3 is 2.95 bits per heavy atom. The van der Waals surface area contributed by atoms with Crippen LogP contribution in [0.4, 0.5) is 0 Å². The number of thiophene rings is 1. The van der Waals surface area contributed by atoms with Gasteiger partial charge in [-0.25, -0.2) is 0 Å². The van der Waals surface area contributed by atoms with Crippen molar-refractivity contribution in [1.82, 2.24) is 0 Å². The molecule has 3 atom stereocenters. The summed E-state index contributed by atoms with van der Waals surface area (Å²) in [5, 5.41) is 4.75. The molecule has 2 heterocycles. The maximum atomic E-state index is 6.63. The number of hydrogen-bond acceptors (Lipinski definition) is 4. The van der Waals surface area contributed by atoms with Crippen LogP contribution in [0.2, 0.25) is 0 Å². The third-order valence-electron chi connectivity index (χ3n) is 3.72. The van der Waals surface area contributed by atoms with Gasteiger partial charge in [-0.15, -0.1) is 11.3 Å². The van der Waals surface area contributed by atoms with E-state index in [-0.39, 0.29) is 6.04 Å². The standard InChI is InChI=1S/C15H19NS3/c1-2-12-15(19-9-8-17-12)13(16)11-5-3-4-10-6-7-18-14(10)11/h3-7,12-13,15H,2,8-9,16H2,1H3. The van der Waals surface area contributed by atoms with Crippen LogP contribution in [0.3, 0.4) is 0 Å². The SMILES string of the molecule is CCC1SCCSC1C(N)c1cccc2ccsc12. The van der Waals surface area contributed by atoms with Crippen molar-refractivity contribution in [2.24, 2.45) is 5.73 Å². The molecule has 3 unspecified atom stereocenters. The lowest BCUT2D eigenvalue weighted by Gasteiger charge is -2.34. The van der Waals surface area contributed by atoms with Gasteiger partial charge >= 0.3 is 0 Å². The Morgan fingerprint density at radius 2 is 2.11 bits per heavy atom. The molecule has 102 valence electrons. The molecule has 0 bridgehead atoms. The summed E-state index contributed by atoms with van der Waals surface area (Å²) in [6, 6.07) is 8.89. The van der Waals surface area contributed by atoms with Crippen molar-refractivity contribution in [2.45, 2.75) is 29.9 Å². The second kappa shape index (κ2) is 6.08. The monoisotopic (exact) mass is 309 g/mol. The zero-order chi connectivity index (χ0) is 13.2. The highest BCUT2D eigenvalue weighted by molar-refractivity contribution is 8.07. The van der Waals surface area contributed by atoms with Crippen LogP contribution in [-0.4, -0.2) is 22.0 Å². The molecule has 1 saturated heterocycles. The normalized spacial score (nSPS) is 25.6. The van der Waals surface area contributed by atoms with Crippen molar-refractivity contribution < 1.29 is 0 Å². The predicted molar refractivity (Wildman–Crippen MR) is 91.5 cm³/mol. The average Bonchev–Trinajstić information content (AvgIpc) is 2.94. The van der Waals surface area contributed by atoms with Gasteiger partial charge in [-0.1, -0.05) is 25.1 Å². The second-order valence-electron chi connectivity index (χ2n) is 4.86. The minimum absolute atomic E-state index is 0.157. The summed E-state index contributed by atoms with van der Waals surface area (Å²) in [6.07, 6.45) is 1.22. The predicted octanol–water partition coefficient (Wildman–Crippen LogP) is 4.53. The Kier molecular flexibility index (Phi) is 4.42. The number of nitrogens with two attached hydrogens (primary N) is 1. The zero-order valence-electron chi connectivity index (χ0n) is 11.0. The molecule has 0 radical (unpaired) electrons. The van der Waals surface area contributed by atoms with E-state index in [1.807, 2.05) is 11.3 Å². The summed E-state index contributed by atoms with van der Waals surface area (Å²) in [4.78, 5) is 0. The van der Waals surface area contributed by atoms with Crippen molar-refractivity contribution in [3.63, 3.8) is 0 Å². The van der Waals surface area contributed by atoms with E-state index in [2.05, 4.69) is 60.1 Å². The molecule has 1 fully saturated rings. The molecule has 2 aromatic rings. The molecule has 2 N–H and O–H groups in total. The first-order valence-electron chi connectivity index (χ1n) is 6.76. The maximum Gasteiger partial charge on any atom is 0.0440 e. The lowest BCUT2D eigenvalue weighted by molar-refractivity contribution is 0.634. The first kappa shape index (κ1) is 13.8. The van der Waals surface area contributed by atoms with Crippen LogP contribution in [-0.2, 0) is 0 Å². The lowest BCUT2D eigenvalue weighted by atomic mass is 10.00. The quantitative estimate of drug-likeness (QED) is 0.902. The number of hydrogen-bond donors (Lipinski definition) is 1.